The van der Waals surface area contributed by atoms with Crippen molar-refractivity contribution in [1.82, 2.24) is 9.88 Å². The number of rotatable bonds is 6. The molecule has 0 atom stereocenters. The van der Waals surface area contributed by atoms with Crippen LogP contribution < -0.4 is 20.1 Å². The van der Waals surface area contributed by atoms with Gasteiger partial charge in [0, 0.05) is 13.7 Å². The van der Waals surface area contributed by atoms with Gasteiger partial charge in [0.15, 0.2) is 5.57 Å². The van der Waals surface area contributed by atoms with E-state index in [9.17, 15) is 19.2 Å². The lowest BCUT2D eigenvalue weighted by Crippen LogP contribution is -2.35. The van der Waals surface area contributed by atoms with Crippen LogP contribution in [0.4, 0.5) is 4.39 Å². The molecule has 1 N–H and O–H groups in total. The van der Waals surface area contributed by atoms with Gasteiger partial charge in [0.2, 0.25) is 0 Å². The van der Waals surface area contributed by atoms with Crippen LogP contribution in [0.15, 0.2) is 47.3 Å². The molecule has 0 bridgehead atoms. The van der Waals surface area contributed by atoms with E-state index < -0.39 is 17.3 Å². The summed E-state index contributed by atoms with van der Waals surface area (Å²) in [7, 11) is 1.47. The van der Waals surface area contributed by atoms with Crippen molar-refractivity contribution in [2.24, 2.45) is 0 Å². The van der Waals surface area contributed by atoms with E-state index in [1.807, 2.05) is 6.07 Å². The summed E-state index contributed by atoms with van der Waals surface area (Å²) in [5.74, 6) is -1.37. The minimum atomic E-state index is -0.697. The molecular weight excluding hydrogens is 476 g/mol. The number of carbonyl (C=O) groups is 1. The Balaban J connectivity index is 2.32. The van der Waals surface area contributed by atoms with Gasteiger partial charge in [0.1, 0.15) is 16.5 Å². The fourth-order valence-corrected chi connectivity index (χ4v) is 4.21. The summed E-state index contributed by atoms with van der Waals surface area (Å²) < 4.78 is 20.7. The van der Waals surface area contributed by atoms with Crippen LogP contribution in [0.1, 0.15) is 5.56 Å². The van der Waals surface area contributed by atoms with E-state index in [1.54, 1.807) is 24.3 Å². The number of hydrogen-bond acceptors (Lipinski definition) is 5. The molecule has 3 rings (SSSR count). The van der Waals surface area contributed by atoms with Gasteiger partial charge in [-0.25, -0.2) is 4.39 Å². The number of aromatic nitrogens is 1. The van der Waals surface area contributed by atoms with Crippen molar-refractivity contribution < 1.29 is 13.9 Å². The molecule has 3 aromatic rings. The first-order valence-electron chi connectivity index (χ1n) is 9.22. The van der Waals surface area contributed by atoms with Gasteiger partial charge in [-0.1, -0.05) is 41.4 Å². The molecule has 0 saturated carbocycles. The van der Waals surface area contributed by atoms with Crippen LogP contribution in [-0.2, 0) is 9.53 Å². The van der Waals surface area contributed by atoms with Crippen molar-refractivity contribution in [3.05, 3.63) is 83.4 Å². The van der Waals surface area contributed by atoms with Crippen molar-refractivity contribution in [3.8, 4) is 11.8 Å². The summed E-state index contributed by atoms with van der Waals surface area (Å²) in [6.07, 6.45) is 1.54. The smallest absolute Gasteiger partial charge is 0.273 e. The number of benzene rings is 2. The fraction of sp³-hybridized carbons (Fsp3) is 0.136. The lowest BCUT2D eigenvalue weighted by atomic mass is 10.2. The number of thiazole rings is 1. The molecule has 164 valence electrons. The minimum Gasteiger partial charge on any atom is -0.383 e. The van der Waals surface area contributed by atoms with Crippen LogP contribution >= 0.6 is 34.5 Å². The molecule has 0 aliphatic rings. The summed E-state index contributed by atoms with van der Waals surface area (Å²) in [6, 6.07) is 12.3. The van der Waals surface area contributed by atoms with Crippen molar-refractivity contribution in [2.75, 3.05) is 20.3 Å². The van der Waals surface area contributed by atoms with E-state index in [-0.39, 0.29) is 33.6 Å². The molecule has 2 aromatic carbocycles. The Hall–Kier alpha value is -2.96. The summed E-state index contributed by atoms with van der Waals surface area (Å²) in [5.41, 5.74) is -0.401. The van der Waals surface area contributed by atoms with E-state index >= 15 is 0 Å². The third-order valence-electron chi connectivity index (χ3n) is 4.30. The van der Waals surface area contributed by atoms with Gasteiger partial charge < -0.3 is 10.1 Å². The molecular formula is C22H16Cl2FN3O3S. The maximum Gasteiger partial charge on any atom is 0.273 e. The average Bonchev–Trinajstić information content (AvgIpc) is 3.07. The van der Waals surface area contributed by atoms with E-state index in [0.717, 1.165) is 15.9 Å². The molecule has 32 heavy (non-hydrogen) atoms. The maximum atomic E-state index is 14.6. The number of para-hydroxylation sites is 1. The number of nitrogens with one attached hydrogen (secondary N) is 1. The highest BCUT2D eigenvalue weighted by Crippen LogP contribution is 2.22. The second-order valence-corrected chi connectivity index (χ2v) is 8.26. The van der Waals surface area contributed by atoms with Gasteiger partial charge in [-0.15, -0.1) is 11.3 Å². The molecule has 1 aromatic heterocycles. The lowest BCUT2D eigenvalue weighted by molar-refractivity contribution is -0.115. The van der Waals surface area contributed by atoms with Crippen LogP contribution in [0.5, 0.6) is 0 Å². The van der Waals surface area contributed by atoms with Crippen molar-refractivity contribution in [2.45, 2.75) is 0 Å². The zero-order chi connectivity index (χ0) is 23.3. The van der Waals surface area contributed by atoms with Gasteiger partial charge in [-0.05, 0) is 35.9 Å². The highest BCUT2D eigenvalue weighted by Gasteiger charge is 2.18. The van der Waals surface area contributed by atoms with Gasteiger partial charge in [0.05, 0.1) is 26.9 Å². The van der Waals surface area contributed by atoms with Gasteiger partial charge in [-0.2, -0.15) is 5.26 Å². The molecule has 0 saturated heterocycles. The van der Waals surface area contributed by atoms with Crippen LogP contribution in [0.25, 0.3) is 17.3 Å². The van der Waals surface area contributed by atoms with E-state index in [1.165, 1.54) is 31.4 Å². The molecule has 0 unspecified atom stereocenters. The summed E-state index contributed by atoms with van der Waals surface area (Å²) in [6.45, 7) is 0.406. The molecule has 1 amide bonds. The largest absolute Gasteiger partial charge is 0.383 e. The second kappa shape index (κ2) is 10.6. The number of methoxy groups -OCH3 is 1. The number of halogens is 3. The molecule has 10 heteroatoms. The van der Waals surface area contributed by atoms with Crippen molar-refractivity contribution >= 4 is 52.1 Å². The quantitative estimate of drug-likeness (QED) is 0.537. The summed E-state index contributed by atoms with van der Waals surface area (Å²) in [4.78, 5) is 25.9. The third-order valence-corrected chi connectivity index (χ3v) is 6.13. The first kappa shape index (κ1) is 23.7. The fourth-order valence-electron chi connectivity index (χ4n) is 2.81. The molecule has 0 radical (unpaired) electrons. The Morgan fingerprint density at radius 3 is 2.69 bits per heavy atom. The topological polar surface area (TPSA) is 84.1 Å². The maximum absolute atomic E-state index is 14.6. The van der Waals surface area contributed by atoms with Gasteiger partial charge in [0.25, 0.3) is 11.5 Å². The normalized spacial score (nSPS) is 12.4. The highest BCUT2D eigenvalue weighted by atomic mass is 35.5. The van der Waals surface area contributed by atoms with Crippen molar-refractivity contribution in [3.63, 3.8) is 0 Å². The molecule has 0 aliphatic carbocycles. The van der Waals surface area contributed by atoms with Crippen LogP contribution in [0.3, 0.4) is 0 Å². The van der Waals surface area contributed by atoms with Crippen LogP contribution in [0.2, 0.25) is 10.0 Å². The summed E-state index contributed by atoms with van der Waals surface area (Å²) in [5, 5.41) is 12.9. The first-order valence-corrected chi connectivity index (χ1v) is 10.8. The predicted octanol–water partition coefficient (Wildman–Crippen LogP) is 2.61. The predicted molar refractivity (Wildman–Crippen MR) is 123 cm³/mol. The van der Waals surface area contributed by atoms with Crippen LogP contribution in [-0.4, -0.2) is 30.7 Å². The Bertz CT molecular complexity index is 1390. The molecule has 0 spiro atoms. The van der Waals surface area contributed by atoms with E-state index in [2.05, 4.69) is 5.32 Å². The van der Waals surface area contributed by atoms with Crippen LogP contribution in [0, 0.1) is 17.1 Å². The SMILES string of the molecule is COCCNC(=O)/C(C#N)=c1\s/c(=C\c2ccc(Cl)c(Cl)c2)c(=O)n1-c1ccccc1F. The Morgan fingerprint density at radius 2 is 2.03 bits per heavy atom. The zero-order valence-corrected chi connectivity index (χ0v) is 19.0. The Morgan fingerprint density at radius 1 is 1.28 bits per heavy atom. The number of nitriles is 1. The summed E-state index contributed by atoms with van der Waals surface area (Å²) >= 11 is 12.9. The average molecular weight is 492 g/mol. The second-order valence-electron chi connectivity index (χ2n) is 6.42. The zero-order valence-electron chi connectivity index (χ0n) is 16.7. The number of amides is 1. The Kier molecular flexibility index (Phi) is 7.83. The standard InChI is InChI=1S/C22H16Cl2FN3O3S/c1-31-9-8-27-20(29)14(12-26)22-28(18-5-3-2-4-17(18)25)21(30)19(32-22)11-13-6-7-15(23)16(24)10-13/h2-7,10-11H,8-9H2,1H3,(H,27,29)/b19-11-,22-14-. The lowest BCUT2D eigenvalue weighted by Gasteiger charge is -2.06. The molecule has 1 heterocycles. The molecule has 0 fully saturated rings. The molecule has 6 nitrogen and oxygen atoms in total. The third kappa shape index (κ3) is 5.09. The van der Waals surface area contributed by atoms with Crippen molar-refractivity contribution in [1.29, 1.82) is 5.26 Å². The highest BCUT2D eigenvalue weighted by molar-refractivity contribution is 7.07. The number of hydrogen-bond donors (Lipinski definition) is 1. The van der Waals surface area contributed by atoms with E-state index in [4.69, 9.17) is 27.9 Å². The first-order chi connectivity index (χ1) is 15.4. The number of nitrogens with zero attached hydrogens (tertiary/aromatic N) is 2. The molecule has 0 aliphatic heterocycles. The van der Waals surface area contributed by atoms with Gasteiger partial charge >= 0.3 is 0 Å². The Labute approximate surface area is 196 Å². The number of ether oxygens (including phenoxy) is 1. The van der Waals surface area contributed by atoms with E-state index in [0.29, 0.717) is 15.6 Å². The number of carbonyl (C=O) groups excluding carboxylic acids is 1. The van der Waals surface area contributed by atoms with Gasteiger partial charge in [-0.3, -0.25) is 14.2 Å². The minimum absolute atomic E-state index is 0.00354. The monoisotopic (exact) mass is 491 g/mol.